The number of benzene rings is 1. The van der Waals surface area contributed by atoms with E-state index in [1.54, 1.807) is 6.07 Å². The molecule has 1 fully saturated rings. The molecule has 1 heterocycles. The van der Waals surface area contributed by atoms with Crippen molar-refractivity contribution in [2.75, 3.05) is 18.5 Å². The highest BCUT2D eigenvalue weighted by Crippen LogP contribution is 2.17. The summed E-state index contributed by atoms with van der Waals surface area (Å²) in [5, 5.41) is 11.8. The lowest BCUT2D eigenvalue weighted by Crippen LogP contribution is -2.12. The molecule has 1 aromatic rings. The lowest BCUT2D eigenvalue weighted by Gasteiger charge is -2.11. The van der Waals surface area contributed by atoms with Gasteiger partial charge < -0.3 is 10.1 Å². The van der Waals surface area contributed by atoms with Crippen LogP contribution in [0.4, 0.5) is 10.1 Å². The molecule has 1 aliphatic rings. The molecule has 4 heteroatoms. The molecule has 0 aromatic heterocycles. The number of nitrogens with zero attached hydrogens (tertiary/aromatic N) is 1. The van der Waals surface area contributed by atoms with Crippen LogP contribution in [-0.2, 0) is 4.74 Å². The van der Waals surface area contributed by atoms with E-state index in [4.69, 9.17) is 10.00 Å². The summed E-state index contributed by atoms with van der Waals surface area (Å²) in [6, 6.07) is 6.21. The van der Waals surface area contributed by atoms with Crippen LogP contribution in [-0.4, -0.2) is 19.3 Å². The van der Waals surface area contributed by atoms with Crippen LogP contribution in [0.25, 0.3) is 0 Å². The first-order valence-electron chi connectivity index (χ1n) is 5.84. The van der Waals surface area contributed by atoms with Gasteiger partial charge in [-0.05, 0) is 37.5 Å². The van der Waals surface area contributed by atoms with Gasteiger partial charge in [-0.3, -0.25) is 0 Å². The summed E-state index contributed by atoms with van der Waals surface area (Å²) in [6.07, 6.45) is 3.47. The summed E-state index contributed by atoms with van der Waals surface area (Å²) in [5.41, 5.74) is 0.990. The molecule has 2 rings (SSSR count). The quantitative estimate of drug-likeness (QED) is 0.871. The van der Waals surface area contributed by atoms with E-state index in [-0.39, 0.29) is 5.82 Å². The van der Waals surface area contributed by atoms with Gasteiger partial charge in [-0.15, -0.1) is 0 Å². The molecule has 0 radical (unpaired) electrons. The maximum absolute atomic E-state index is 13.1. The van der Waals surface area contributed by atoms with Crippen LogP contribution in [0.2, 0.25) is 0 Å². The molecule has 0 amide bonds. The van der Waals surface area contributed by atoms with E-state index in [0.29, 0.717) is 17.4 Å². The number of nitriles is 1. The summed E-state index contributed by atoms with van der Waals surface area (Å²) < 4.78 is 18.6. The average molecular weight is 234 g/mol. The van der Waals surface area contributed by atoms with Crippen molar-refractivity contribution in [3.63, 3.8) is 0 Å². The Balaban J connectivity index is 1.85. The van der Waals surface area contributed by atoms with Crippen molar-refractivity contribution in [2.45, 2.75) is 25.4 Å². The highest BCUT2D eigenvalue weighted by atomic mass is 19.1. The van der Waals surface area contributed by atoms with E-state index in [1.807, 2.05) is 6.07 Å². The van der Waals surface area contributed by atoms with E-state index in [1.165, 1.54) is 12.1 Å². The molecule has 0 aliphatic carbocycles. The van der Waals surface area contributed by atoms with Gasteiger partial charge in [0, 0.05) is 18.8 Å². The summed E-state index contributed by atoms with van der Waals surface area (Å²) in [7, 11) is 0. The molecule has 90 valence electrons. The van der Waals surface area contributed by atoms with Crippen LogP contribution in [0.1, 0.15) is 24.8 Å². The minimum Gasteiger partial charge on any atom is -0.385 e. The first kappa shape index (κ1) is 11.9. The second-order valence-corrected chi connectivity index (χ2v) is 4.19. The van der Waals surface area contributed by atoms with Crippen LogP contribution >= 0.6 is 0 Å². The number of ether oxygens (including phenoxy) is 1. The number of anilines is 1. The molecule has 1 N–H and O–H groups in total. The van der Waals surface area contributed by atoms with E-state index < -0.39 is 0 Å². The lowest BCUT2D eigenvalue weighted by molar-refractivity contribution is 0.107. The molecule has 3 nitrogen and oxygen atoms in total. The monoisotopic (exact) mass is 234 g/mol. The fourth-order valence-corrected chi connectivity index (χ4v) is 2.01. The molecule has 1 aliphatic heterocycles. The number of nitrogens with one attached hydrogen (secondary N) is 1. The standard InChI is InChI=1S/C13H15FN2O/c14-11-6-10(9-15)7-12(8-11)16-4-3-13-2-1-5-17-13/h6-8,13,16H,1-5H2. The van der Waals surface area contributed by atoms with Gasteiger partial charge in [0.2, 0.25) is 0 Å². The van der Waals surface area contributed by atoms with E-state index in [2.05, 4.69) is 5.32 Å². The Labute approximate surface area is 100 Å². The van der Waals surface area contributed by atoms with Crippen molar-refractivity contribution < 1.29 is 9.13 Å². The Morgan fingerprint density at radius 3 is 3.06 bits per heavy atom. The second-order valence-electron chi connectivity index (χ2n) is 4.19. The minimum absolute atomic E-state index is 0.325. The highest BCUT2D eigenvalue weighted by molar-refractivity contribution is 5.49. The van der Waals surface area contributed by atoms with Crippen LogP contribution in [0.3, 0.4) is 0 Å². The Morgan fingerprint density at radius 1 is 1.47 bits per heavy atom. The van der Waals surface area contributed by atoms with Crippen molar-refractivity contribution in [2.24, 2.45) is 0 Å². The van der Waals surface area contributed by atoms with Gasteiger partial charge in [-0.25, -0.2) is 4.39 Å². The van der Waals surface area contributed by atoms with Crippen LogP contribution in [0.15, 0.2) is 18.2 Å². The zero-order valence-electron chi connectivity index (χ0n) is 9.58. The Morgan fingerprint density at radius 2 is 2.35 bits per heavy atom. The number of rotatable bonds is 4. The molecule has 0 saturated carbocycles. The largest absolute Gasteiger partial charge is 0.385 e. The van der Waals surface area contributed by atoms with Crippen LogP contribution in [0, 0.1) is 17.1 Å². The zero-order chi connectivity index (χ0) is 12.1. The molecular weight excluding hydrogens is 219 g/mol. The molecular formula is C13H15FN2O. The van der Waals surface area contributed by atoms with E-state index >= 15 is 0 Å². The summed E-state index contributed by atoms with van der Waals surface area (Å²) >= 11 is 0. The number of hydrogen-bond donors (Lipinski definition) is 1. The molecule has 1 atom stereocenters. The normalized spacial score (nSPS) is 18.9. The van der Waals surface area contributed by atoms with Crippen molar-refractivity contribution in [3.05, 3.63) is 29.6 Å². The first-order chi connectivity index (χ1) is 8.28. The Bertz CT molecular complexity index is 422. The predicted octanol–water partition coefficient (Wildman–Crippen LogP) is 2.68. The van der Waals surface area contributed by atoms with Crippen molar-refractivity contribution in [1.82, 2.24) is 0 Å². The number of hydrogen-bond acceptors (Lipinski definition) is 3. The molecule has 1 unspecified atom stereocenters. The fraction of sp³-hybridized carbons (Fsp3) is 0.462. The van der Waals surface area contributed by atoms with Crippen molar-refractivity contribution in [1.29, 1.82) is 5.26 Å². The summed E-state index contributed by atoms with van der Waals surface area (Å²) in [4.78, 5) is 0. The molecule has 1 saturated heterocycles. The maximum Gasteiger partial charge on any atom is 0.126 e. The van der Waals surface area contributed by atoms with Gasteiger partial charge in [-0.2, -0.15) is 5.26 Å². The van der Waals surface area contributed by atoms with Crippen LogP contribution in [0.5, 0.6) is 0 Å². The van der Waals surface area contributed by atoms with Gasteiger partial charge in [0.25, 0.3) is 0 Å². The SMILES string of the molecule is N#Cc1cc(F)cc(NCCC2CCCO2)c1. The van der Waals surface area contributed by atoms with Gasteiger partial charge in [0.1, 0.15) is 5.82 Å². The zero-order valence-corrected chi connectivity index (χ0v) is 9.58. The van der Waals surface area contributed by atoms with Gasteiger partial charge in [0.05, 0.1) is 17.7 Å². The lowest BCUT2D eigenvalue weighted by atomic mass is 10.1. The Hall–Kier alpha value is -1.60. The highest BCUT2D eigenvalue weighted by Gasteiger charge is 2.14. The van der Waals surface area contributed by atoms with Crippen molar-refractivity contribution >= 4 is 5.69 Å². The average Bonchev–Trinajstić information content (AvgIpc) is 2.81. The van der Waals surface area contributed by atoms with E-state index in [9.17, 15) is 4.39 Å². The predicted molar refractivity (Wildman–Crippen MR) is 63.2 cm³/mol. The van der Waals surface area contributed by atoms with Gasteiger partial charge in [0.15, 0.2) is 0 Å². The second kappa shape index (κ2) is 5.65. The fourth-order valence-electron chi connectivity index (χ4n) is 2.01. The molecule has 1 aromatic carbocycles. The third-order valence-corrected chi connectivity index (χ3v) is 2.85. The van der Waals surface area contributed by atoms with Crippen molar-refractivity contribution in [3.8, 4) is 6.07 Å². The first-order valence-corrected chi connectivity index (χ1v) is 5.84. The third kappa shape index (κ3) is 3.43. The maximum atomic E-state index is 13.1. The van der Waals surface area contributed by atoms with Crippen LogP contribution < -0.4 is 5.32 Å². The topological polar surface area (TPSA) is 45.0 Å². The Kier molecular flexibility index (Phi) is 3.94. The number of halogens is 1. The van der Waals surface area contributed by atoms with E-state index in [0.717, 1.165) is 32.4 Å². The molecule has 0 spiro atoms. The molecule has 17 heavy (non-hydrogen) atoms. The van der Waals surface area contributed by atoms with Gasteiger partial charge >= 0.3 is 0 Å². The summed E-state index contributed by atoms with van der Waals surface area (Å²) in [5.74, 6) is -0.385. The van der Waals surface area contributed by atoms with Gasteiger partial charge in [-0.1, -0.05) is 0 Å². The summed E-state index contributed by atoms with van der Waals surface area (Å²) in [6.45, 7) is 1.59. The molecule has 0 bridgehead atoms. The minimum atomic E-state index is -0.385. The smallest absolute Gasteiger partial charge is 0.126 e. The third-order valence-electron chi connectivity index (χ3n) is 2.85.